The van der Waals surface area contributed by atoms with E-state index in [0.29, 0.717) is 0 Å². The van der Waals surface area contributed by atoms with E-state index in [0.717, 1.165) is 28.1 Å². The van der Waals surface area contributed by atoms with Gasteiger partial charge in [-0.1, -0.05) is 279 Å². The highest BCUT2D eigenvalue weighted by molar-refractivity contribution is 6.24. The molecule has 0 spiro atoms. The summed E-state index contributed by atoms with van der Waals surface area (Å²) in [5.41, 5.74) is 22.4. The van der Waals surface area contributed by atoms with Gasteiger partial charge in [-0.15, -0.1) is 0 Å². The molecular formula is C69H53N3. The molecule has 0 fully saturated rings. The van der Waals surface area contributed by atoms with Crippen molar-refractivity contribution in [1.82, 2.24) is 16.0 Å². The van der Waals surface area contributed by atoms with E-state index >= 15 is 0 Å². The Bertz CT molecular complexity index is 3510. The fourth-order valence-corrected chi connectivity index (χ4v) is 10.4. The van der Waals surface area contributed by atoms with E-state index in [2.05, 4.69) is 301 Å². The van der Waals surface area contributed by atoms with Gasteiger partial charge in [0.25, 0.3) is 0 Å². The summed E-state index contributed by atoms with van der Waals surface area (Å²) >= 11 is 0. The Hall–Kier alpha value is -9.02. The van der Waals surface area contributed by atoms with Crippen molar-refractivity contribution in [2.24, 2.45) is 0 Å². The van der Waals surface area contributed by atoms with Crippen LogP contribution >= 0.6 is 0 Å². The van der Waals surface area contributed by atoms with Crippen LogP contribution in [0.15, 0.2) is 285 Å². The minimum Gasteiger partial charge on any atom is -0.373 e. The van der Waals surface area contributed by atoms with Crippen molar-refractivity contribution < 1.29 is 0 Å². The maximum Gasteiger partial charge on any atom is 0.104 e. The molecule has 72 heavy (non-hydrogen) atoms. The van der Waals surface area contributed by atoms with E-state index in [4.69, 9.17) is 0 Å². The van der Waals surface area contributed by atoms with E-state index in [1.54, 1.807) is 0 Å². The predicted octanol–water partition coefficient (Wildman–Crippen LogP) is 16.5. The van der Waals surface area contributed by atoms with E-state index in [-0.39, 0.29) is 18.2 Å². The summed E-state index contributed by atoms with van der Waals surface area (Å²) in [6, 6.07) is 101. The molecule has 0 saturated heterocycles. The number of rotatable bonds is 11. The van der Waals surface area contributed by atoms with Crippen LogP contribution in [0.5, 0.6) is 0 Å². The van der Waals surface area contributed by atoms with Crippen LogP contribution in [-0.4, -0.2) is 0 Å². The molecular weight excluding hydrogens is 871 g/mol. The lowest BCUT2D eigenvalue weighted by molar-refractivity contribution is 0.443. The maximum absolute atomic E-state index is 4.10. The van der Waals surface area contributed by atoms with Gasteiger partial charge in [0.15, 0.2) is 0 Å². The topological polar surface area (TPSA) is 36.1 Å². The average Bonchev–Trinajstić information content (AvgIpc) is 3.48. The van der Waals surface area contributed by atoms with Gasteiger partial charge in [0, 0.05) is 11.3 Å². The fraction of sp³-hybridized carbons (Fsp3) is 0.0435. The normalized spacial score (nSPS) is 16.6. The molecule has 2 aliphatic rings. The zero-order valence-electron chi connectivity index (χ0n) is 39.9. The molecule has 0 aromatic heterocycles. The second kappa shape index (κ2) is 20.1. The van der Waals surface area contributed by atoms with Crippen molar-refractivity contribution in [3.63, 3.8) is 0 Å². The standard InChI is InChI=1S/C69H53N3/c1-7-19-48(20-8-1)50-31-39-54(40-32-50)62-47-63(71-69(70-62)61-45-37-51(38-46-61)49-21-9-2-10-22-49)55-41-33-52(34-42-55)53-35-43-58(44-36-53)64-65(56-23-11-3-12-24-56)67(59-27-15-5-16-28-59)72-68(60-29-17-6-18-30-60)66(64)57-25-13-4-14-26-57/h1-47,63,67,69-72H. The number of nitrogens with one attached hydrogen (secondary N) is 3. The Kier molecular flexibility index (Phi) is 12.4. The maximum atomic E-state index is 4.10. The van der Waals surface area contributed by atoms with Crippen LogP contribution in [0.25, 0.3) is 61.5 Å². The van der Waals surface area contributed by atoms with Crippen LogP contribution < -0.4 is 16.0 Å². The van der Waals surface area contributed by atoms with Gasteiger partial charge in [0.2, 0.25) is 0 Å². The highest BCUT2D eigenvalue weighted by atomic mass is 15.2. The van der Waals surface area contributed by atoms with Crippen LogP contribution in [0.2, 0.25) is 0 Å². The molecule has 12 rings (SSSR count). The Morgan fingerprint density at radius 1 is 0.250 bits per heavy atom. The molecule has 3 N–H and O–H groups in total. The van der Waals surface area contributed by atoms with Gasteiger partial charge < -0.3 is 10.6 Å². The molecule has 0 amide bonds. The van der Waals surface area contributed by atoms with Crippen molar-refractivity contribution in [2.75, 3.05) is 0 Å². The Labute approximate surface area is 423 Å². The molecule has 2 heterocycles. The van der Waals surface area contributed by atoms with Gasteiger partial charge in [0.05, 0.1) is 17.8 Å². The molecule has 3 atom stereocenters. The largest absolute Gasteiger partial charge is 0.373 e. The SMILES string of the molecule is C1=C(c2ccc(-c3ccccc3)cc2)NC(c2ccc(-c3ccccc3)cc2)NC1c1ccc(-c2ccc(C3=C(c4ccccc4)C(c4ccccc4)NC(c4ccccc4)=C3c3ccccc3)cc2)cc1. The van der Waals surface area contributed by atoms with Gasteiger partial charge in [-0.05, 0) is 95.1 Å². The molecule has 10 aromatic rings. The number of allylic oxidation sites excluding steroid dienone is 2. The third-order valence-electron chi connectivity index (χ3n) is 14.1. The molecule has 3 nitrogen and oxygen atoms in total. The molecule has 3 unspecified atom stereocenters. The van der Waals surface area contributed by atoms with Crippen LogP contribution in [0.1, 0.15) is 62.8 Å². The van der Waals surface area contributed by atoms with Gasteiger partial charge in [0.1, 0.15) is 6.17 Å². The van der Waals surface area contributed by atoms with Gasteiger partial charge in [-0.3, -0.25) is 5.32 Å². The molecule has 0 aliphatic carbocycles. The second-order valence-corrected chi connectivity index (χ2v) is 18.6. The minimum atomic E-state index is -0.107. The number of hydrogen-bond donors (Lipinski definition) is 3. The summed E-state index contributed by atoms with van der Waals surface area (Å²) in [7, 11) is 0. The van der Waals surface area contributed by atoms with Gasteiger partial charge in [-0.25, -0.2) is 0 Å². The number of dihydropyridines is 1. The van der Waals surface area contributed by atoms with Crippen molar-refractivity contribution in [1.29, 1.82) is 0 Å². The first kappa shape index (κ1) is 44.2. The summed E-state index contributed by atoms with van der Waals surface area (Å²) < 4.78 is 0. The van der Waals surface area contributed by atoms with Crippen LogP contribution in [0.3, 0.4) is 0 Å². The van der Waals surface area contributed by atoms with Crippen molar-refractivity contribution in [2.45, 2.75) is 18.2 Å². The average molecular weight is 924 g/mol. The van der Waals surface area contributed by atoms with Gasteiger partial charge in [-0.2, -0.15) is 0 Å². The van der Waals surface area contributed by atoms with E-state index < -0.39 is 0 Å². The van der Waals surface area contributed by atoms with E-state index in [9.17, 15) is 0 Å². The van der Waals surface area contributed by atoms with Crippen LogP contribution in [0, 0.1) is 0 Å². The summed E-state index contributed by atoms with van der Waals surface area (Å²) in [5.74, 6) is 0. The zero-order chi connectivity index (χ0) is 48.1. The Morgan fingerprint density at radius 2 is 0.611 bits per heavy atom. The molecule has 10 aromatic carbocycles. The van der Waals surface area contributed by atoms with Gasteiger partial charge >= 0.3 is 0 Å². The lowest BCUT2D eigenvalue weighted by Crippen LogP contribution is -2.39. The lowest BCUT2D eigenvalue weighted by Gasteiger charge is -2.36. The Balaban J connectivity index is 0.907. The molecule has 0 saturated carbocycles. The highest BCUT2D eigenvalue weighted by Crippen LogP contribution is 2.50. The minimum absolute atomic E-state index is 0.0342. The zero-order valence-corrected chi connectivity index (χ0v) is 39.9. The first-order chi connectivity index (χ1) is 35.7. The van der Waals surface area contributed by atoms with Crippen LogP contribution in [-0.2, 0) is 0 Å². The number of hydrogen-bond acceptors (Lipinski definition) is 3. The number of benzene rings is 10. The third-order valence-corrected chi connectivity index (χ3v) is 14.1. The first-order valence-electron chi connectivity index (χ1n) is 24.9. The first-order valence-corrected chi connectivity index (χ1v) is 24.9. The van der Waals surface area contributed by atoms with Crippen molar-refractivity contribution in [3.8, 4) is 33.4 Å². The monoisotopic (exact) mass is 923 g/mol. The second-order valence-electron chi connectivity index (χ2n) is 18.6. The molecule has 344 valence electrons. The van der Waals surface area contributed by atoms with Crippen molar-refractivity contribution >= 4 is 28.1 Å². The lowest BCUT2D eigenvalue weighted by atomic mass is 9.77. The molecule has 0 bridgehead atoms. The summed E-state index contributed by atoms with van der Waals surface area (Å²) in [5, 5.41) is 11.9. The fourth-order valence-electron chi connectivity index (χ4n) is 10.4. The highest BCUT2D eigenvalue weighted by Gasteiger charge is 2.33. The Morgan fingerprint density at radius 3 is 1.11 bits per heavy atom. The van der Waals surface area contributed by atoms with E-state index in [1.165, 1.54) is 77.9 Å². The molecule has 2 aliphatic heterocycles. The summed E-state index contributed by atoms with van der Waals surface area (Å²) in [4.78, 5) is 0. The quantitative estimate of drug-likeness (QED) is 0.121. The van der Waals surface area contributed by atoms with Crippen LogP contribution in [0.4, 0.5) is 0 Å². The third kappa shape index (κ3) is 9.13. The smallest absolute Gasteiger partial charge is 0.104 e. The molecule has 0 radical (unpaired) electrons. The van der Waals surface area contributed by atoms with E-state index in [1.807, 2.05) is 0 Å². The summed E-state index contributed by atoms with van der Waals surface area (Å²) in [6.45, 7) is 0. The molecule has 3 heteroatoms. The van der Waals surface area contributed by atoms with Crippen molar-refractivity contribution in [3.05, 3.63) is 330 Å². The predicted molar refractivity (Wildman–Crippen MR) is 301 cm³/mol. The summed E-state index contributed by atoms with van der Waals surface area (Å²) in [6.07, 6.45) is 2.22.